The summed E-state index contributed by atoms with van der Waals surface area (Å²) in [5, 5.41) is 3.60. The predicted octanol–water partition coefficient (Wildman–Crippen LogP) is 2.00. The van der Waals surface area contributed by atoms with Crippen LogP contribution in [0.15, 0.2) is 0 Å². The Morgan fingerprint density at radius 1 is 1.36 bits per heavy atom. The summed E-state index contributed by atoms with van der Waals surface area (Å²) in [5.74, 6) is 0. The monoisotopic (exact) mass is 196 g/mol. The number of hydrogen-bond donors (Lipinski definition) is 1. The van der Waals surface area contributed by atoms with Crippen molar-refractivity contribution in [2.24, 2.45) is 0 Å². The van der Waals surface area contributed by atoms with Gasteiger partial charge < -0.3 is 5.32 Å². The van der Waals surface area contributed by atoms with Gasteiger partial charge in [-0.15, -0.1) is 0 Å². The van der Waals surface area contributed by atoms with Gasteiger partial charge in [-0.1, -0.05) is 13.8 Å². The Hall–Kier alpha value is -0.0800. The van der Waals surface area contributed by atoms with Crippen LogP contribution in [-0.4, -0.2) is 36.1 Å². The molecule has 0 aromatic rings. The first-order chi connectivity index (χ1) is 6.80. The van der Waals surface area contributed by atoms with Gasteiger partial charge in [-0.3, -0.25) is 4.90 Å². The van der Waals surface area contributed by atoms with Gasteiger partial charge in [0.1, 0.15) is 0 Å². The van der Waals surface area contributed by atoms with Gasteiger partial charge in [0.2, 0.25) is 0 Å². The Bertz CT molecular complexity index is 181. The van der Waals surface area contributed by atoms with Gasteiger partial charge in [0.05, 0.1) is 0 Å². The number of rotatable bonds is 3. The van der Waals surface area contributed by atoms with Crippen LogP contribution in [0.25, 0.3) is 0 Å². The number of nitrogens with zero attached hydrogens (tertiary/aromatic N) is 1. The fourth-order valence-electron chi connectivity index (χ4n) is 3.01. The van der Waals surface area contributed by atoms with Crippen molar-refractivity contribution in [1.29, 1.82) is 0 Å². The lowest BCUT2D eigenvalue weighted by Crippen LogP contribution is -2.61. The van der Waals surface area contributed by atoms with Crippen LogP contribution in [0.4, 0.5) is 0 Å². The first kappa shape index (κ1) is 10.4. The average Bonchev–Trinajstić information content (AvgIpc) is 2.18. The molecule has 2 aliphatic rings. The zero-order chi connectivity index (χ0) is 10.0. The fourth-order valence-corrected chi connectivity index (χ4v) is 3.01. The summed E-state index contributed by atoms with van der Waals surface area (Å²) >= 11 is 0. The molecule has 2 fully saturated rings. The third-order valence-electron chi connectivity index (χ3n) is 4.36. The predicted molar refractivity (Wildman–Crippen MR) is 60.5 cm³/mol. The quantitative estimate of drug-likeness (QED) is 0.743. The standard InChI is InChI=1S/C12H24N2/c1-3-11-10-14(9-8-13-11)12(4-2)6-5-7-12/h11,13H,3-10H2,1-2H3. The molecular weight excluding hydrogens is 172 g/mol. The van der Waals surface area contributed by atoms with Crippen molar-refractivity contribution in [3.63, 3.8) is 0 Å². The molecule has 1 atom stereocenters. The molecular formula is C12H24N2. The van der Waals surface area contributed by atoms with Crippen LogP contribution in [0.5, 0.6) is 0 Å². The van der Waals surface area contributed by atoms with Crippen molar-refractivity contribution < 1.29 is 0 Å². The van der Waals surface area contributed by atoms with E-state index in [-0.39, 0.29) is 0 Å². The van der Waals surface area contributed by atoms with Gasteiger partial charge in [-0.25, -0.2) is 0 Å². The molecule has 1 saturated carbocycles. The summed E-state index contributed by atoms with van der Waals surface area (Å²) < 4.78 is 0. The van der Waals surface area contributed by atoms with Crippen LogP contribution >= 0.6 is 0 Å². The van der Waals surface area contributed by atoms with Gasteiger partial charge in [-0.2, -0.15) is 0 Å². The molecule has 0 aromatic carbocycles. The van der Waals surface area contributed by atoms with E-state index in [2.05, 4.69) is 24.1 Å². The average molecular weight is 196 g/mol. The van der Waals surface area contributed by atoms with Crippen LogP contribution in [0.2, 0.25) is 0 Å². The molecule has 1 unspecified atom stereocenters. The van der Waals surface area contributed by atoms with Crippen LogP contribution in [-0.2, 0) is 0 Å². The van der Waals surface area contributed by atoms with E-state index in [1.807, 2.05) is 0 Å². The summed E-state index contributed by atoms with van der Waals surface area (Å²) in [6, 6.07) is 0.743. The SMILES string of the molecule is CCC1CN(C2(CC)CCC2)CCN1. The van der Waals surface area contributed by atoms with Crippen molar-refractivity contribution in [1.82, 2.24) is 10.2 Å². The minimum atomic E-state index is 0.607. The molecule has 82 valence electrons. The normalized spacial score (nSPS) is 32.6. The van der Waals surface area contributed by atoms with Crippen LogP contribution < -0.4 is 5.32 Å². The lowest BCUT2D eigenvalue weighted by molar-refractivity contribution is -0.00792. The number of hydrogen-bond acceptors (Lipinski definition) is 2. The summed E-state index contributed by atoms with van der Waals surface area (Å²) in [5.41, 5.74) is 0.607. The van der Waals surface area contributed by atoms with Crippen LogP contribution in [0, 0.1) is 0 Å². The van der Waals surface area contributed by atoms with E-state index in [4.69, 9.17) is 0 Å². The molecule has 2 nitrogen and oxygen atoms in total. The van der Waals surface area contributed by atoms with Gasteiger partial charge in [-0.05, 0) is 32.1 Å². The van der Waals surface area contributed by atoms with Crippen molar-refractivity contribution in [3.8, 4) is 0 Å². The molecule has 2 heteroatoms. The van der Waals surface area contributed by atoms with Crippen LogP contribution in [0.3, 0.4) is 0 Å². The Balaban J connectivity index is 1.95. The second kappa shape index (κ2) is 4.19. The summed E-state index contributed by atoms with van der Waals surface area (Å²) in [7, 11) is 0. The molecule has 0 amide bonds. The summed E-state index contributed by atoms with van der Waals surface area (Å²) in [6.07, 6.45) is 6.97. The van der Waals surface area contributed by atoms with Gasteiger partial charge in [0.15, 0.2) is 0 Å². The van der Waals surface area contributed by atoms with Crippen molar-refractivity contribution in [2.45, 2.75) is 57.5 Å². The van der Waals surface area contributed by atoms with E-state index in [1.165, 1.54) is 51.7 Å². The maximum Gasteiger partial charge on any atom is 0.0208 e. The Morgan fingerprint density at radius 2 is 2.14 bits per heavy atom. The van der Waals surface area contributed by atoms with Crippen LogP contribution in [0.1, 0.15) is 46.0 Å². The molecule has 1 saturated heterocycles. The smallest absolute Gasteiger partial charge is 0.0208 e. The van der Waals surface area contributed by atoms with E-state index in [0.717, 1.165) is 6.04 Å². The molecule has 0 bridgehead atoms. The zero-order valence-corrected chi connectivity index (χ0v) is 9.68. The Morgan fingerprint density at radius 3 is 2.64 bits per heavy atom. The first-order valence-corrected chi connectivity index (χ1v) is 6.29. The van der Waals surface area contributed by atoms with Gasteiger partial charge in [0, 0.05) is 31.2 Å². The minimum absolute atomic E-state index is 0.607. The molecule has 0 spiro atoms. The fraction of sp³-hybridized carbons (Fsp3) is 1.00. The van der Waals surface area contributed by atoms with Crippen molar-refractivity contribution in [2.75, 3.05) is 19.6 Å². The Kier molecular flexibility index (Phi) is 3.13. The van der Waals surface area contributed by atoms with E-state index < -0.39 is 0 Å². The Labute approximate surface area is 88.1 Å². The molecule has 14 heavy (non-hydrogen) atoms. The zero-order valence-electron chi connectivity index (χ0n) is 9.68. The van der Waals surface area contributed by atoms with Crippen molar-refractivity contribution in [3.05, 3.63) is 0 Å². The highest BCUT2D eigenvalue weighted by Gasteiger charge is 2.41. The van der Waals surface area contributed by atoms with Crippen molar-refractivity contribution >= 4 is 0 Å². The lowest BCUT2D eigenvalue weighted by atomic mass is 9.73. The maximum absolute atomic E-state index is 3.60. The summed E-state index contributed by atoms with van der Waals surface area (Å²) in [6.45, 7) is 8.40. The largest absolute Gasteiger partial charge is 0.311 e. The maximum atomic E-state index is 3.60. The molecule has 1 aliphatic carbocycles. The molecule has 1 N–H and O–H groups in total. The molecule has 1 aliphatic heterocycles. The highest BCUT2D eigenvalue weighted by atomic mass is 15.3. The number of nitrogens with one attached hydrogen (secondary N) is 1. The third-order valence-corrected chi connectivity index (χ3v) is 4.36. The van der Waals surface area contributed by atoms with Gasteiger partial charge in [0.25, 0.3) is 0 Å². The summed E-state index contributed by atoms with van der Waals surface area (Å²) in [4.78, 5) is 2.77. The molecule has 2 rings (SSSR count). The topological polar surface area (TPSA) is 15.3 Å². The second-order valence-electron chi connectivity index (χ2n) is 4.94. The van der Waals surface area contributed by atoms with E-state index in [9.17, 15) is 0 Å². The lowest BCUT2D eigenvalue weighted by Gasteiger charge is -2.53. The minimum Gasteiger partial charge on any atom is -0.311 e. The van der Waals surface area contributed by atoms with E-state index in [1.54, 1.807) is 0 Å². The highest BCUT2D eigenvalue weighted by Crippen LogP contribution is 2.40. The second-order valence-corrected chi connectivity index (χ2v) is 4.94. The molecule has 0 aromatic heterocycles. The van der Waals surface area contributed by atoms with E-state index in [0.29, 0.717) is 5.54 Å². The molecule has 1 heterocycles. The highest BCUT2D eigenvalue weighted by molar-refractivity contribution is 4.99. The third kappa shape index (κ3) is 1.70. The van der Waals surface area contributed by atoms with E-state index >= 15 is 0 Å². The number of piperazine rings is 1. The molecule has 0 radical (unpaired) electrons. The van der Waals surface area contributed by atoms with Gasteiger partial charge >= 0.3 is 0 Å². The first-order valence-electron chi connectivity index (χ1n) is 6.29.